The summed E-state index contributed by atoms with van der Waals surface area (Å²) in [6.45, 7) is -5.38. The summed E-state index contributed by atoms with van der Waals surface area (Å²) < 4.78 is 55.8. The van der Waals surface area contributed by atoms with Crippen molar-refractivity contribution >= 4 is 15.9 Å². The molecule has 0 saturated carbocycles. The van der Waals surface area contributed by atoms with E-state index < -0.39 is 13.2 Å². The SMILES string of the molecule is FC(F)Oc1ccc(Br)cc1CNCc1nccn1C(F)F. The van der Waals surface area contributed by atoms with E-state index >= 15 is 0 Å². The van der Waals surface area contributed by atoms with Gasteiger partial charge >= 0.3 is 13.2 Å². The van der Waals surface area contributed by atoms with E-state index in [-0.39, 0.29) is 24.7 Å². The lowest BCUT2D eigenvalue weighted by atomic mass is 10.2. The van der Waals surface area contributed by atoms with Gasteiger partial charge in [0.1, 0.15) is 11.6 Å². The van der Waals surface area contributed by atoms with E-state index in [2.05, 4.69) is 31.0 Å². The standard InChI is InChI=1S/C13H12BrF4N3O/c14-9-1-2-10(22-13(17)18)8(5-9)6-19-7-11-20-3-4-21(11)12(15)16/h1-5,12-13,19H,6-7H2. The van der Waals surface area contributed by atoms with Gasteiger partial charge in [0.25, 0.3) is 0 Å². The Kier molecular flexibility index (Phi) is 5.78. The molecule has 2 rings (SSSR count). The van der Waals surface area contributed by atoms with E-state index in [1.165, 1.54) is 18.5 Å². The predicted molar refractivity (Wildman–Crippen MR) is 74.8 cm³/mol. The number of hydrogen-bond donors (Lipinski definition) is 1. The molecule has 2 aromatic rings. The van der Waals surface area contributed by atoms with Gasteiger partial charge in [-0.15, -0.1) is 0 Å². The second-order valence-electron chi connectivity index (χ2n) is 4.26. The predicted octanol–water partition coefficient (Wildman–Crippen LogP) is 3.93. The van der Waals surface area contributed by atoms with Gasteiger partial charge in [-0.1, -0.05) is 15.9 Å². The second-order valence-corrected chi connectivity index (χ2v) is 5.18. The Hall–Kier alpha value is -1.61. The van der Waals surface area contributed by atoms with E-state index in [4.69, 9.17) is 0 Å². The molecule has 0 aliphatic rings. The summed E-state index contributed by atoms with van der Waals surface area (Å²) in [6, 6.07) is 4.60. The fourth-order valence-electron chi connectivity index (χ4n) is 1.86. The van der Waals surface area contributed by atoms with E-state index in [0.29, 0.717) is 10.0 Å². The van der Waals surface area contributed by atoms with Gasteiger partial charge in [0.15, 0.2) is 0 Å². The highest BCUT2D eigenvalue weighted by Gasteiger charge is 2.13. The first-order valence-electron chi connectivity index (χ1n) is 6.21. The molecule has 0 aliphatic carbocycles. The Balaban J connectivity index is 2.02. The maximum Gasteiger partial charge on any atom is 0.387 e. The molecular weight excluding hydrogens is 370 g/mol. The van der Waals surface area contributed by atoms with Crippen molar-refractivity contribution in [1.82, 2.24) is 14.9 Å². The average molecular weight is 382 g/mol. The van der Waals surface area contributed by atoms with Gasteiger partial charge in [-0.3, -0.25) is 4.57 Å². The van der Waals surface area contributed by atoms with Crippen LogP contribution in [0.15, 0.2) is 35.1 Å². The summed E-state index contributed by atoms with van der Waals surface area (Å²) in [5.74, 6) is 0.184. The molecule has 0 spiro atoms. The number of nitrogens with one attached hydrogen (secondary N) is 1. The Bertz CT molecular complexity index is 621. The third-order valence-corrected chi connectivity index (χ3v) is 3.29. The summed E-state index contributed by atoms with van der Waals surface area (Å²) in [5, 5.41) is 2.88. The summed E-state index contributed by atoms with van der Waals surface area (Å²) in [6.07, 6.45) is 2.44. The molecule has 120 valence electrons. The van der Waals surface area contributed by atoms with Crippen molar-refractivity contribution in [2.75, 3.05) is 0 Å². The highest BCUT2D eigenvalue weighted by atomic mass is 79.9. The maximum absolute atomic E-state index is 12.7. The van der Waals surface area contributed by atoms with Crippen molar-refractivity contribution < 1.29 is 22.3 Å². The monoisotopic (exact) mass is 381 g/mol. The minimum atomic E-state index is -2.93. The minimum Gasteiger partial charge on any atom is -0.434 e. The molecule has 0 radical (unpaired) electrons. The van der Waals surface area contributed by atoms with Crippen molar-refractivity contribution in [2.45, 2.75) is 26.3 Å². The smallest absolute Gasteiger partial charge is 0.387 e. The highest BCUT2D eigenvalue weighted by molar-refractivity contribution is 9.10. The number of hydrogen-bond acceptors (Lipinski definition) is 3. The molecule has 22 heavy (non-hydrogen) atoms. The van der Waals surface area contributed by atoms with Crippen LogP contribution in [0.1, 0.15) is 17.9 Å². The van der Waals surface area contributed by atoms with Crippen LogP contribution in [0.25, 0.3) is 0 Å². The summed E-state index contributed by atoms with van der Waals surface area (Å²) in [5.41, 5.74) is 0.477. The van der Waals surface area contributed by atoms with Gasteiger partial charge in [0, 0.05) is 29.0 Å². The van der Waals surface area contributed by atoms with Gasteiger partial charge in [-0.2, -0.15) is 17.6 Å². The molecule has 0 bridgehead atoms. The quantitative estimate of drug-likeness (QED) is 0.738. The topological polar surface area (TPSA) is 39.1 Å². The lowest BCUT2D eigenvalue weighted by Gasteiger charge is -2.12. The summed E-state index contributed by atoms with van der Waals surface area (Å²) >= 11 is 3.24. The van der Waals surface area contributed by atoms with Gasteiger partial charge in [-0.05, 0) is 18.2 Å². The first kappa shape index (κ1) is 16.8. The Morgan fingerprint density at radius 2 is 2.00 bits per heavy atom. The van der Waals surface area contributed by atoms with Crippen LogP contribution in [0.2, 0.25) is 0 Å². The molecule has 0 aliphatic heterocycles. The Morgan fingerprint density at radius 3 is 2.68 bits per heavy atom. The van der Waals surface area contributed by atoms with Crippen LogP contribution in [-0.2, 0) is 13.1 Å². The third-order valence-electron chi connectivity index (χ3n) is 2.80. The minimum absolute atomic E-state index is 0.0305. The molecule has 0 atom stereocenters. The van der Waals surface area contributed by atoms with Crippen molar-refractivity contribution in [2.24, 2.45) is 0 Å². The molecule has 4 nitrogen and oxygen atoms in total. The van der Waals surface area contributed by atoms with E-state index in [9.17, 15) is 17.6 Å². The highest BCUT2D eigenvalue weighted by Crippen LogP contribution is 2.24. The Morgan fingerprint density at radius 1 is 1.23 bits per heavy atom. The molecule has 0 fully saturated rings. The molecule has 1 aromatic carbocycles. The third kappa shape index (κ3) is 4.44. The van der Waals surface area contributed by atoms with E-state index in [0.717, 1.165) is 4.57 Å². The Labute approximate surface area is 132 Å². The number of rotatable bonds is 7. The lowest BCUT2D eigenvalue weighted by Crippen LogP contribution is -2.18. The van der Waals surface area contributed by atoms with Crippen molar-refractivity contribution in [1.29, 1.82) is 0 Å². The zero-order chi connectivity index (χ0) is 16.1. The molecule has 0 amide bonds. The molecular formula is C13H12BrF4N3O. The number of nitrogens with zero attached hydrogens (tertiary/aromatic N) is 2. The van der Waals surface area contributed by atoms with Gasteiger partial charge < -0.3 is 10.1 Å². The van der Waals surface area contributed by atoms with Crippen LogP contribution in [0.3, 0.4) is 0 Å². The fraction of sp³-hybridized carbons (Fsp3) is 0.308. The van der Waals surface area contributed by atoms with Crippen molar-refractivity contribution in [3.05, 3.63) is 46.5 Å². The number of halogens is 5. The van der Waals surface area contributed by atoms with Crippen LogP contribution < -0.4 is 10.1 Å². The zero-order valence-electron chi connectivity index (χ0n) is 11.1. The van der Waals surface area contributed by atoms with Gasteiger partial charge in [-0.25, -0.2) is 4.98 Å². The first-order valence-corrected chi connectivity index (χ1v) is 7.00. The molecule has 1 N–H and O–H groups in total. The van der Waals surface area contributed by atoms with Gasteiger partial charge in [0.2, 0.25) is 0 Å². The molecule has 0 saturated heterocycles. The van der Waals surface area contributed by atoms with Crippen LogP contribution in [0, 0.1) is 0 Å². The largest absolute Gasteiger partial charge is 0.434 e. The lowest BCUT2D eigenvalue weighted by molar-refractivity contribution is -0.0505. The second kappa shape index (κ2) is 7.59. The van der Waals surface area contributed by atoms with E-state index in [1.807, 2.05) is 0 Å². The number of ether oxygens (including phenoxy) is 1. The molecule has 1 heterocycles. The number of imidazole rings is 1. The fourth-order valence-corrected chi connectivity index (χ4v) is 2.27. The van der Waals surface area contributed by atoms with Crippen LogP contribution in [0.5, 0.6) is 5.75 Å². The van der Waals surface area contributed by atoms with Crippen molar-refractivity contribution in [3.63, 3.8) is 0 Å². The average Bonchev–Trinajstić information content (AvgIpc) is 2.90. The van der Waals surface area contributed by atoms with Gasteiger partial charge in [0.05, 0.1) is 6.54 Å². The van der Waals surface area contributed by atoms with Crippen molar-refractivity contribution in [3.8, 4) is 5.75 Å². The van der Waals surface area contributed by atoms with E-state index in [1.54, 1.807) is 12.1 Å². The molecule has 0 unspecified atom stereocenters. The van der Waals surface area contributed by atoms with Crippen LogP contribution in [-0.4, -0.2) is 16.2 Å². The molecule has 9 heteroatoms. The summed E-state index contributed by atoms with van der Waals surface area (Å²) in [7, 11) is 0. The number of benzene rings is 1. The first-order chi connectivity index (χ1) is 10.5. The summed E-state index contributed by atoms with van der Waals surface area (Å²) in [4.78, 5) is 3.82. The van der Waals surface area contributed by atoms with Crippen LogP contribution >= 0.6 is 15.9 Å². The number of alkyl halides is 4. The van der Waals surface area contributed by atoms with Crippen LogP contribution in [0.4, 0.5) is 17.6 Å². The molecule has 1 aromatic heterocycles. The zero-order valence-corrected chi connectivity index (χ0v) is 12.7. The normalized spacial score (nSPS) is 11.4. The number of aromatic nitrogens is 2. The maximum atomic E-state index is 12.7.